The summed E-state index contributed by atoms with van der Waals surface area (Å²) in [6, 6.07) is 0.346. The highest BCUT2D eigenvalue weighted by Gasteiger charge is 2.62. The van der Waals surface area contributed by atoms with Crippen molar-refractivity contribution in [1.29, 1.82) is 0 Å². The van der Waals surface area contributed by atoms with Gasteiger partial charge in [0.2, 0.25) is 0 Å². The van der Waals surface area contributed by atoms with Crippen LogP contribution in [0.25, 0.3) is 0 Å². The zero-order chi connectivity index (χ0) is 21.8. The fraction of sp³-hybridized carbons (Fsp3) is 1.00. The van der Waals surface area contributed by atoms with Crippen LogP contribution < -0.4 is 5.73 Å². The molecule has 4 rings (SSSR count). The molecule has 30 heavy (non-hydrogen) atoms. The highest BCUT2D eigenvalue weighted by Crippen LogP contribution is 2.68. The van der Waals surface area contributed by atoms with Crippen molar-refractivity contribution in [3.05, 3.63) is 0 Å². The number of rotatable bonds is 5. The summed E-state index contributed by atoms with van der Waals surface area (Å²) in [4.78, 5) is 0. The lowest BCUT2D eigenvalue weighted by atomic mass is 9.43. The lowest BCUT2D eigenvalue weighted by Gasteiger charge is -2.62. The molecule has 4 aliphatic carbocycles. The van der Waals surface area contributed by atoms with Crippen LogP contribution >= 0.6 is 0 Å². The van der Waals surface area contributed by atoms with Crippen LogP contribution in [0.15, 0.2) is 0 Å². The van der Waals surface area contributed by atoms with E-state index in [9.17, 15) is 10.2 Å². The van der Waals surface area contributed by atoms with Gasteiger partial charge in [0.15, 0.2) is 0 Å². The van der Waals surface area contributed by atoms with Crippen molar-refractivity contribution in [1.82, 2.24) is 0 Å². The molecule has 0 radical (unpaired) electrons. The summed E-state index contributed by atoms with van der Waals surface area (Å²) >= 11 is 0. The Morgan fingerprint density at radius 3 is 2.27 bits per heavy atom. The van der Waals surface area contributed by atoms with Gasteiger partial charge in [0, 0.05) is 6.04 Å². The molecule has 0 unspecified atom stereocenters. The lowest BCUT2D eigenvalue weighted by molar-refractivity contribution is -0.166. The van der Waals surface area contributed by atoms with E-state index in [2.05, 4.69) is 34.6 Å². The lowest BCUT2D eigenvalue weighted by Crippen LogP contribution is -2.59. The summed E-state index contributed by atoms with van der Waals surface area (Å²) in [6.07, 6.45) is 11.6. The SMILES string of the molecule is CC(C)[C@H](O)CC[C@@H](C)[C@H]1CC[C@H]2[C@@H]3[C@H](O)C[C@H]4C[C@H](N)CC[C@]4(C)[C@H]3CC[C@]12C. The average Bonchev–Trinajstić information content (AvgIpc) is 3.04. The quantitative estimate of drug-likeness (QED) is 0.561. The Kier molecular flexibility index (Phi) is 6.41. The molecule has 0 heterocycles. The third-order valence-corrected chi connectivity index (χ3v) is 11.2. The van der Waals surface area contributed by atoms with Crippen LogP contribution in [0.2, 0.25) is 0 Å². The number of hydrogen-bond acceptors (Lipinski definition) is 3. The monoisotopic (exact) mass is 419 g/mol. The van der Waals surface area contributed by atoms with Crippen molar-refractivity contribution in [2.75, 3.05) is 0 Å². The molecule has 4 N–H and O–H groups in total. The van der Waals surface area contributed by atoms with Crippen molar-refractivity contribution in [2.24, 2.45) is 58.0 Å². The number of aliphatic hydroxyl groups is 2. The molecule has 0 aromatic heterocycles. The zero-order valence-electron chi connectivity index (χ0n) is 20.3. The van der Waals surface area contributed by atoms with E-state index in [-0.39, 0.29) is 12.2 Å². The van der Waals surface area contributed by atoms with Crippen LogP contribution in [0.1, 0.15) is 98.8 Å². The summed E-state index contributed by atoms with van der Waals surface area (Å²) in [5.74, 6) is 4.26. The van der Waals surface area contributed by atoms with Crippen molar-refractivity contribution in [3.8, 4) is 0 Å². The fourth-order valence-corrected chi connectivity index (χ4v) is 9.20. The molecule has 0 aromatic carbocycles. The minimum absolute atomic E-state index is 0.125. The van der Waals surface area contributed by atoms with Crippen LogP contribution in [0.3, 0.4) is 0 Å². The first-order valence-electron chi connectivity index (χ1n) is 13.2. The van der Waals surface area contributed by atoms with Gasteiger partial charge in [0.05, 0.1) is 12.2 Å². The number of hydrogen-bond donors (Lipinski definition) is 3. The van der Waals surface area contributed by atoms with Crippen LogP contribution in [0.4, 0.5) is 0 Å². The maximum atomic E-state index is 11.4. The highest BCUT2D eigenvalue weighted by molar-refractivity contribution is 5.12. The van der Waals surface area contributed by atoms with E-state index in [4.69, 9.17) is 5.73 Å². The van der Waals surface area contributed by atoms with E-state index in [0.29, 0.717) is 52.4 Å². The number of nitrogens with two attached hydrogens (primary N) is 1. The Morgan fingerprint density at radius 1 is 0.900 bits per heavy atom. The summed E-state index contributed by atoms with van der Waals surface area (Å²) in [5, 5.41) is 21.7. The van der Waals surface area contributed by atoms with Gasteiger partial charge in [-0.25, -0.2) is 0 Å². The molecule has 0 spiro atoms. The summed E-state index contributed by atoms with van der Waals surface area (Å²) in [7, 11) is 0. The third-order valence-electron chi connectivity index (χ3n) is 11.2. The summed E-state index contributed by atoms with van der Waals surface area (Å²) in [5.41, 5.74) is 7.11. The predicted octanol–water partition coefficient (Wildman–Crippen LogP) is 5.38. The van der Waals surface area contributed by atoms with Crippen LogP contribution in [0, 0.1) is 52.3 Å². The van der Waals surface area contributed by atoms with Crippen molar-refractivity contribution in [3.63, 3.8) is 0 Å². The van der Waals surface area contributed by atoms with Gasteiger partial charge < -0.3 is 15.9 Å². The van der Waals surface area contributed by atoms with Gasteiger partial charge in [0.1, 0.15) is 0 Å². The van der Waals surface area contributed by atoms with Crippen LogP contribution in [-0.4, -0.2) is 28.5 Å². The van der Waals surface area contributed by atoms with E-state index in [1.54, 1.807) is 0 Å². The maximum Gasteiger partial charge on any atom is 0.0577 e. The first-order chi connectivity index (χ1) is 14.1. The van der Waals surface area contributed by atoms with Crippen LogP contribution in [-0.2, 0) is 0 Å². The standard InChI is InChI=1S/C27H49NO2/c1-16(2)23(29)9-6-17(3)20-7-8-21-25-22(11-13-27(20,21)5)26(4)12-10-19(28)14-18(26)15-24(25)30/h16-25,29-30H,6-15,28H2,1-5H3/t17-,18-,19-,20-,21+,22+,23-,24-,25+,26+,27-/m1/s1. The van der Waals surface area contributed by atoms with Gasteiger partial charge in [-0.3, -0.25) is 0 Å². The Labute approximate surface area is 185 Å². The molecule has 0 amide bonds. The molecule has 0 saturated heterocycles. The van der Waals surface area contributed by atoms with E-state index >= 15 is 0 Å². The first kappa shape index (κ1) is 23.1. The Hall–Kier alpha value is -0.120. The molecular formula is C27H49NO2. The second kappa shape index (κ2) is 8.34. The summed E-state index contributed by atoms with van der Waals surface area (Å²) < 4.78 is 0. The molecular weight excluding hydrogens is 370 g/mol. The molecule has 4 fully saturated rings. The molecule has 0 bridgehead atoms. The van der Waals surface area contributed by atoms with Crippen molar-refractivity contribution < 1.29 is 10.2 Å². The van der Waals surface area contributed by atoms with Gasteiger partial charge in [0.25, 0.3) is 0 Å². The number of aliphatic hydroxyl groups excluding tert-OH is 2. The molecule has 3 heteroatoms. The van der Waals surface area contributed by atoms with Gasteiger partial charge >= 0.3 is 0 Å². The smallest absolute Gasteiger partial charge is 0.0577 e. The Bertz CT molecular complexity index is 608. The third kappa shape index (κ3) is 3.69. The van der Waals surface area contributed by atoms with Gasteiger partial charge in [-0.2, -0.15) is 0 Å². The minimum Gasteiger partial charge on any atom is -0.393 e. The van der Waals surface area contributed by atoms with Crippen LogP contribution in [0.5, 0.6) is 0 Å². The van der Waals surface area contributed by atoms with Gasteiger partial charge in [-0.15, -0.1) is 0 Å². The highest BCUT2D eigenvalue weighted by atomic mass is 16.3. The predicted molar refractivity (Wildman–Crippen MR) is 124 cm³/mol. The van der Waals surface area contributed by atoms with E-state index < -0.39 is 0 Å². The van der Waals surface area contributed by atoms with E-state index in [1.807, 2.05) is 0 Å². The van der Waals surface area contributed by atoms with Gasteiger partial charge in [-0.1, -0.05) is 34.6 Å². The fourth-order valence-electron chi connectivity index (χ4n) is 9.20. The Balaban J connectivity index is 1.50. The number of fused-ring (bicyclic) bond motifs is 5. The second-order valence-corrected chi connectivity index (χ2v) is 12.9. The summed E-state index contributed by atoms with van der Waals surface area (Å²) in [6.45, 7) is 11.8. The molecule has 4 aliphatic rings. The topological polar surface area (TPSA) is 66.5 Å². The molecule has 174 valence electrons. The molecule has 3 nitrogen and oxygen atoms in total. The second-order valence-electron chi connectivity index (χ2n) is 12.9. The molecule has 0 aliphatic heterocycles. The molecule has 4 saturated carbocycles. The zero-order valence-corrected chi connectivity index (χ0v) is 20.3. The van der Waals surface area contributed by atoms with E-state index in [1.165, 1.54) is 38.5 Å². The van der Waals surface area contributed by atoms with E-state index in [0.717, 1.165) is 31.6 Å². The Morgan fingerprint density at radius 2 is 1.57 bits per heavy atom. The molecule has 0 aromatic rings. The van der Waals surface area contributed by atoms with Crippen molar-refractivity contribution >= 4 is 0 Å². The van der Waals surface area contributed by atoms with Gasteiger partial charge in [-0.05, 0) is 116 Å². The molecule has 11 atom stereocenters. The maximum absolute atomic E-state index is 11.4. The normalized spacial score (nSPS) is 50.5. The first-order valence-corrected chi connectivity index (χ1v) is 13.2. The average molecular weight is 420 g/mol. The minimum atomic E-state index is -0.164. The van der Waals surface area contributed by atoms with Crippen molar-refractivity contribution in [2.45, 2.75) is 117 Å². The largest absolute Gasteiger partial charge is 0.393 e.